The van der Waals surface area contributed by atoms with Crippen LogP contribution in [0.2, 0.25) is 0 Å². The first-order valence-electron chi connectivity index (χ1n) is 6.72. The Morgan fingerprint density at radius 2 is 1.60 bits per heavy atom. The van der Waals surface area contributed by atoms with Crippen LogP contribution in [-0.4, -0.2) is 37.6 Å². The summed E-state index contributed by atoms with van der Waals surface area (Å²) in [5.74, 6) is 0. The molecule has 0 aromatic carbocycles. The summed E-state index contributed by atoms with van der Waals surface area (Å²) in [4.78, 5) is 2.71. The van der Waals surface area contributed by atoms with Crippen LogP contribution in [0.1, 0.15) is 45.4 Å². The monoisotopic (exact) mass is 210 g/mol. The molecule has 0 spiro atoms. The molecule has 0 aromatic rings. The average molecular weight is 210 g/mol. The average Bonchev–Trinajstić information content (AvgIpc) is 2.57. The molecule has 1 N–H and O–H groups in total. The van der Waals surface area contributed by atoms with E-state index < -0.39 is 0 Å². The Balaban J connectivity index is 1.80. The molecule has 1 heterocycles. The molecule has 2 nitrogen and oxygen atoms in total. The summed E-state index contributed by atoms with van der Waals surface area (Å²) < 4.78 is 0. The zero-order valence-electron chi connectivity index (χ0n) is 10.2. The minimum atomic E-state index is 0.645. The molecule has 2 heteroatoms. The molecule has 15 heavy (non-hydrogen) atoms. The largest absolute Gasteiger partial charge is 0.317 e. The van der Waals surface area contributed by atoms with Crippen molar-refractivity contribution in [2.75, 3.05) is 32.7 Å². The molecule has 0 amide bonds. The minimum Gasteiger partial charge on any atom is -0.317 e. The van der Waals surface area contributed by atoms with Gasteiger partial charge in [0.1, 0.15) is 0 Å². The van der Waals surface area contributed by atoms with Gasteiger partial charge in [-0.2, -0.15) is 0 Å². The fourth-order valence-corrected chi connectivity index (χ4v) is 3.18. The lowest BCUT2D eigenvalue weighted by Gasteiger charge is -2.33. The summed E-state index contributed by atoms with van der Waals surface area (Å²) in [5, 5.41) is 3.48. The van der Waals surface area contributed by atoms with Crippen LogP contribution < -0.4 is 5.32 Å². The molecule has 2 rings (SSSR count). The van der Waals surface area contributed by atoms with Crippen LogP contribution in [0.15, 0.2) is 0 Å². The smallest absolute Gasteiger partial charge is 0.00353 e. The van der Waals surface area contributed by atoms with Crippen molar-refractivity contribution < 1.29 is 0 Å². The summed E-state index contributed by atoms with van der Waals surface area (Å²) in [6.45, 7) is 8.90. The van der Waals surface area contributed by atoms with E-state index in [1.807, 2.05) is 0 Å². The molecule has 0 aromatic heterocycles. The van der Waals surface area contributed by atoms with E-state index in [0.717, 1.165) is 0 Å². The second-order valence-electron chi connectivity index (χ2n) is 5.75. The van der Waals surface area contributed by atoms with Crippen LogP contribution in [0.3, 0.4) is 0 Å². The second-order valence-corrected chi connectivity index (χ2v) is 5.75. The van der Waals surface area contributed by atoms with Gasteiger partial charge in [0.05, 0.1) is 0 Å². The first kappa shape index (κ1) is 11.4. The van der Waals surface area contributed by atoms with E-state index >= 15 is 0 Å². The van der Waals surface area contributed by atoms with Crippen LogP contribution in [-0.2, 0) is 0 Å². The molecule has 0 radical (unpaired) electrons. The maximum Gasteiger partial charge on any atom is 0.00353 e. The van der Waals surface area contributed by atoms with Gasteiger partial charge in [0.15, 0.2) is 0 Å². The Labute approximate surface area is 94.4 Å². The third-order valence-corrected chi connectivity index (χ3v) is 4.07. The van der Waals surface area contributed by atoms with Crippen molar-refractivity contribution in [3.63, 3.8) is 0 Å². The van der Waals surface area contributed by atoms with Crippen molar-refractivity contribution >= 4 is 0 Å². The van der Waals surface area contributed by atoms with Crippen molar-refractivity contribution in [2.24, 2.45) is 5.41 Å². The second kappa shape index (κ2) is 5.31. The highest BCUT2D eigenvalue weighted by atomic mass is 15.1. The molecule has 0 atom stereocenters. The topological polar surface area (TPSA) is 15.3 Å². The van der Waals surface area contributed by atoms with Gasteiger partial charge in [-0.1, -0.05) is 19.8 Å². The Morgan fingerprint density at radius 1 is 1.00 bits per heavy atom. The van der Waals surface area contributed by atoms with E-state index in [0.29, 0.717) is 5.41 Å². The van der Waals surface area contributed by atoms with Crippen LogP contribution >= 0.6 is 0 Å². The lowest BCUT2D eigenvalue weighted by Crippen LogP contribution is -2.39. The van der Waals surface area contributed by atoms with Gasteiger partial charge in [-0.25, -0.2) is 0 Å². The van der Waals surface area contributed by atoms with Gasteiger partial charge in [-0.05, 0) is 57.3 Å². The Bertz CT molecular complexity index is 177. The maximum atomic E-state index is 3.48. The number of hydrogen-bond donors (Lipinski definition) is 1. The quantitative estimate of drug-likeness (QED) is 0.752. The summed E-state index contributed by atoms with van der Waals surface area (Å²) >= 11 is 0. The highest BCUT2D eigenvalue weighted by Crippen LogP contribution is 2.38. The maximum absolute atomic E-state index is 3.48. The SMILES string of the molecule is CC1(CN2CCCNCCC2)CCCC1. The van der Waals surface area contributed by atoms with Crippen molar-refractivity contribution in [2.45, 2.75) is 45.4 Å². The molecule has 1 aliphatic carbocycles. The van der Waals surface area contributed by atoms with Gasteiger partial charge in [-0.3, -0.25) is 0 Å². The fourth-order valence-electron chi connectivity index (χ4n) is 3.18. The number of hydrogen-bond acceptors (Lipinski definition) is 2. The van der Waals surface area contributed by atoms with Crippen molar-refractivity contribution in [3.8, 4) is 0 Å². The molecular weight excluding hydrogens is 184 g/mol. The Hall–Kier alpha value is -0.0800. The first-order valence-corrected chi connectivity index (χ1v) is 6.72. The van der Waals surface area contributed by atoms with Gasteiger partial charge in [0.2, 0.25) is 0 Å². The van der Waals surface area contributed by atoms with Gasteiger partial charge < -0.3 is 10.2 Å². The Kier molecular flexibility index (Phi) is 4.04. The predicted molar refractivity (Wildman–Crippen MR) is 65.1 cm³/mol. The molecule has 2 fully saturated rings. The lowest BCUT2D eigenvalue weighted by atomic mass is 9.88. The molecule has 88 valence electrons. The molecule has 0 unspecified atom stereocenters. The van der Waals surface area contributed by atoms with E-state index in [1.54, 1.807) is 0 Å². The molecule has 1 aliphatic heterocycles. The van der Waals surface area contributed by atoms with E-state index in [1.165, 1.54) is 71.2 Å². The predicted octanol–water partition coefficient (Wildman–Crippen LogP) is 2.25. The standard InChI is InChI=1S/C13H26N2/c1-13(6-2-3-7-13)12-15-10-4-8-14-9-5-11-15/h14H,2-12H2,1H3. The van der Waals surface area contributed by atoms with Gasteiger partial charge in [0, 0.05) is 6.54 Å². The zero-order chi connectivity index (χ0) is 10.6. The van der Waals surface area contributed by atoms with Crippen LogP contribution in [0.4, 0.5) is 0 Å². The number of rotatable bonds is 2. The van der Waals surface area contributed by atoms with Crippen molar-refractivity contribution in [1.29, 1.82) is 0 Å². The van der Waals surface area contributed by atoms with E-state index in [-0.39, 0.29) is 0 Å². The van der Waals surface area contributed by atoms with Gasteiger partial charge in [0.25, 0.3) is 0 Å². The summed E-state index contributed by atoms with van der Waals surface area (Å²) in [6.07, 6.45) is 8.51. The zero-order valence-corrected chi connectivity index (χ0v) is 10.2. The number of nitrogens with one attached hydrogen (secondary N) is 1. The third kappa shape index (κ3) is 3.46. The van der Waals surface area contributed by atoms with E-state index in [9.17, 15) is 0 Å². The molecule has 1 saturated carbocycles. The first-order chi connectivity index (χ1) is 7.29. The summed E-state index contributed by atoms with van der Waals surface area (Å²) in [7, 11) is 0. The normalized spacial score (nSPS) is 28.6. The van der Waals surface area contributed by atoms with Crippen molar-refractivity contribution in [1.82, 2.24) is 10.2 Å². The highest BCUT2D eigenvalue weighted by Gasteiger charge is 2.30. The van der Waals surface area contributed by atoms with Crippen molar-refractivity contribution in [3.05, 3.63) is 0 Å². The summed E-state index contributed by atoms with van der Waals surface area (Å²) in [5.41, 5.74) is 0.645. The van der Waals surface area contributed by atoms with Crippen LogP contribution in [0.25, 0.3) is 0 Å². The van der Waals surface area contributed by atoms with Crippen LogP contribution in [0, 0.1) is 5.41 Å². The molecule has 0 bridgehead atoms. The van der Waals surface area contributed by atoms with E-state index in [4.69, 9.17) is 0 Å². The summed E-state index contributed by atoms with van der Waals surface area (Å²) in [6, 6.07) is 0. The fraction of sp³-hybridized carbons (Fsp3) is 1.00. The molecule has 2 aliphatic rings. The van der Waals surface area contributed by atoms with Gasteiger partial charge >= 0.3 is 0 Å². The molecule has 1 saturated heterocycles. The van der Waals surface area contributed by atoms with E-state index in [2.05, 4.69) is 17.1 Å². The number of nitrogens with zero attached hydrogens (tertiary/aromatic N) is 1. The van der Waals surface area contributed by atoms with Crippen LogP contribution in [0.5, 0.6) is 0 Å². The highest BCUT2D eigenvalue weighted by molar-refractivity contribution is 4.84. The third-order valence-electron chi connectivity index (χ3n) is 4.07. The lowest BCUT2D eigenvalue weighted by molar-refractivity contribution is 0.158. The Morgan fingerprint density at radius 3 is 2.20 bits per heavy atom. The van der Waals surface area contributed by atoms with Gasteiger partial charge in [-0.15, -0.1) is 0 Å². The molecular formula is C13H26N2. The minimum absolute atomic E-state index is 0.645.